The van der Waals surface area contributed by atoms with E-state index in [2.05, 4.69) is 107 Å². The van der Waals surface area contributed by atoms with Crippen molar-refractivity contribution < 1.29 is 36.1 Å². The Hall–Kier alpha value is -4.35. The molecule has 4 aromatic carbocycles. The van der Waals surface area contributed by atoms with E-state index in [0.717, 1.165) is 67.3 Å². The summed E-state index contributed by atoms with van der Waals surface area (Å²) in [4.78, 5) is 10.3. The molecule has 5 heteroatoms. The molecule has 6 rings (SSSR count). The van der Waals surface area contributed by atoms with Gasteiger partial charge in [-0.1, -0.05) is 180 Å². The second-order valence-corrected chi connectivity index (χ2v) is 18.7. The maximum absolute atomic E-state index is 14.2. The van der Waals surface area contributed by atoms with Crippen LogP contribution in [0.15, 0.2) is 109 Å². The SMILES string of the molecule is CC(C)(C)c1cc(-c2ccccc2-c2cccc(-c3cccc(-c4ccccc4-c4cc(C(C)(C)C)cc(C(C)(C)C)c4[O-])n3)n2)c([O-])c(C(C)(C)C)c1.[CH3-].[CH3-].[Hf+4]. The Morgan fingerprint density at radius 3 is 0.947 bits per heavy atom. The molecular weight excluding hydrogens is 863 g/mol. The van der Waals surface area contributed by atoms with Gasteiger partial charge in [0.15, 0.2) is 0 Å². The Morgan fingerprint density at radius 2 is 0.649 bits per heavy atom. The van der Waals surface area contributed by atoms with Crippen LogP contribution in [0.1, 0.15) is 105 Å². The Bertz CT molecular complexity index is 2180. The normalized spacial score (nSPS) is 11.9. The summed E-state index contributed by atoms with van der Waals surface area (Å²) >= 11 is 0. The molecule has 0 bridgehead atoms. The van der Waals surface area contributed by atoms with Crippen LogP contribution in [0.2, 0.25) is 0 Å². The second kappa shape index (κ2) is 17.2. The van der Waals surface area contributed by atoms with Gasteiger partial charge < -0.3 is 25.1 Å². The standard InChI is InChI=1S/C50H56N2O2.2CH3.Hf/c1-47(2,3)31-27-37(45(53)39(29-31)49(7,8)9)33-19-13-15-21-35(33)41-23-17-25-43(51-41)44-26-18-24-42(52-44)36-22-16-14-20-34(36)38-28-32(48(4,5)6)30-40(46(38)54)50(10,11)12;;;/h13-30,53-54H,1-12H3;2*1H3;/q;2*-1;+4/p-2. The van der Waals surface area contributed by atoms with Crippen LogP contribution in [0.3, 0.4) is 0 Å². The molecule has 0 amide bonds. The fourth-order valence-electron chi connectivity index (χ4n) is 6.98. The minimum absolute atomic E-state index is 0. The fourth-order valence-corrected chi connectivity index (χ4v) is 6.98. The average Bonchev–Trinajstić information content (AvgIpc) is 3.10. The van der Waals surface area contributed by atoms with E-state index in [9.17, 15) is 10.2 Å². The molecule has 0 aliphatic carbocycles. The minimum atomic E-state index is -0.310. The predicted molar refractivity (Wildman–Crippen MR) is 236 cm³/mol. The Kier molecular flexibility index (Phi) is 14.2. The zero-order valence-electron chi connectivity index (χ0n) is 36.6. The van der Waals surface area contributed by atoms with Crippen molar-refractivity contribution >= 4 is 0 Å². The van der Waals surface area contributed by atoms with Gasteiger partial charge in [-0.25, -0.2) is 9.97 Å². The number of rotatable bonds is 5. The average molecular weight is 924 g/mol. The van der Waals surface area contributed by atoms with Crippen LogP contribution in [0, 0.1) is 14.9 Å². The van der Waals surface area contributed by atoms with E-state index in [-0.39, 0.29) is 73.9 Å². The monoisotopic (exact) mass is 924 g/mol. The van der Waals surface area contributed by atoms with Gasteiger partial charge in [-0.2, -0.15) is 0 Å². The Morgan fingerprint density at radius 1 is 0.351 bits per heavy atom. The van der Waals surface area contributed by atoms with E-state index in [0.29, 0.717) is 11.1 Å². The molecule has 0 unspecified atom stereocenters. The third kappa shape index (κ3) is 9.86. The molecule has 0 fully saturated rings. The number of aromatic nitrogens is 2. The third-order valence-corrected chi connectivity index (χ3v) is 10.3. The molecule has 0 saturated carbocycles. The largest absolute Gasteiger partial charge is 4.00 e. The van der Waals surface area contributed by atoms with Gasteiger partial charge in [-0.05, 0) is 90.4 Å². The third-order valence-electron chi connectivity index (χ3n) is 10.3. The molecule has 294 valence electrons. The van der Waals surface area contributed by atoms with Gasteiger partial charge in [0, 0.05) is 11.1 Å². The minimum Gasteiger partial charge on any atom is -0.872 e. The summed E-state index contributed by atoms with van der Waals surface area (Å²) < 4.78 is 0. The van der Waals surface area contributed by atoms with Crippen molar-refractivity contribution in [2.75, 3.05) is 0 Å². The summed E-state index contributed by atoms with van der Waals surface area (Å²) in [5, 5.41) is 28.4. The van der Waals surface area contributed by atoms with Gasteiger partial charge in [0.05, 0.1) is 22.8 Å². The smallest absolute Gasteiger partial charge is 0.872 e. The molecule has 0 radical (unpaired) electrons. The summed E-state index contributed by atoms with van der Waals surface area (Å²) in [6.45, 7) is 25.7. The summed E-state index contributed by atoms with van der Waals surface area (Å²) in [5.74, 6) is 0.104. The molecule has 0 aliphatic rings. The molecule has 4 nitrogen and oxygen atoms in total. The van der Waals surface area contributed by atoms with Crippen molar-refractivity contribution in [2.24, 2.45) is 0 Å². The summed E-state index contributed by atoms with van der Waals surface area (Å²) in [5.41, 5.74) is 10.8. The molecule has 2 aromatic heterocycles. The molecule has 0 saturated heterocycles. The molecule has 0 aliphatic heterocycles. The molecule has 0 N–H and O–H groups in total. The van der Waals surface area contributed by atoms with Gasteiger partial charge in [-0.15, -0.1) is 0 Å². The summed E-state index contributed by atoms with van der Waals surface area (Å²) in [6, 6.07) is 36.3. The maximum Gasteiger partial charge on any atom is 4.00 e. The van der Waals surface area contributed by atoms with E-state index < -0.39 is 0 Å². The van der Waals surface area contributed by atoms with Crippen molar-refractivity contribution in [1.82, 2.24) is 9.97 Å². The zero-order valence-corrected chi connectivity index (χ0v) is 40.2. The van der Waals surface area contributed by atoms with Crippen LogP contribution in [0.25, 0.3) is 56.2 Å². The zero-order chi connectivity index (χ0) is 39.4. The first kappa shape index (κ1) is 47.0. The number of hydrogen-bond acceptors (Lipinski definition) is 4. The van der Waals surface area contributed by atoms with Crippen LogP contribution < -0.4 is 10.2 Å². The molecule has 0 atom stereocenters. The Labute approximate surface area is 362 Å². The van der Waals surface area contributed by atoms with E-state index in [1.165, 1.54) is 0 Å². The van der Waals surface area contributed by atoms with Gasteiger partial charge in [0.25, 0.3) is 0 Å². The van der Waals surface area contributed by atoms with Crippen molar-refractivity contribution in [1.29, 1.82) is 0 Å². The van der Waals surface area contributed by atoms with E-state index >= 15 is 0 Å². The van der Waals surface area contributed by atoms with Crippen molar-refractivity contribution in [3.05, 3.63) is 146 Å². The van der Waals surface area contributed by atoms with Crippen LogP contribution in [-0.2, 0) is 47.5 Å². The topological polar surface area (TPSA) is 71.9 Å². The molecule has 6 aromatic rings. The number of nitrogens with zero attached hydrogens (tertiary/aromatic N) is 2. The van der Waals surface area contributed by atoms with Crippen molar-refractivity contribution in [3.63, 3.8) is 0 Å². The quantitative estimate of drug-likeness (QED) is 0.128. The summed E-state index contributed by atoms with van der Waals surface area (Å²) in [7, 11) is 0. The number of pyridine rings is 2. The van der Waals surface area contributed by atoms with Gasteiger partial charge in [0.2, 0.25) is 0 Å². The van der Waals surface area contributed by atoms with Crippen LogP contribution in [0.5, 0.6) is 11.5 Å². The van der Waals surface area contributed by atoms with Gasteiger partial charge >= 0.3 is 25.8 Å². The van der Waals surface area contributed by atoms with E-state index in [1.54, 1.807) is 0 Å². The van der Waals surface area contributed by atoms with E-state index in [4.69, 9.17) is 9.97 Å². The fraction of sp³-hybridized carbons (Fsp3) is 0.308. The number of benzene rings is 4. The maximum atomic E-state index is 14.2. The van der Waals surface area contributed by atoms with Gasteiger partial charge in [0.1, 0.15) is 0 Å². The number of hydrogen-bond donors (Lipinski definition) is 0. The first-order valence-electron chi connectivity index (χ1n) is 19.0. The van der Waals surface area contributed by atoms with Gasteiger partial charge in [-0.3, -0.25) is 0 Å². The van der Waals surface area contributed by atoms with E-state index in [1.807, 2.05) is 84.9 Å². The molecule has 2 heterocycles. The van der Waals surface area contributed by atoms with Crippen LogP contribution >= 0.6 is 0 Å². The predicted octanol–water partition coefficient (Wildman–Crippen LogP) is 13.0. The van der Waals surface area contributed by atoms with Crippen molar-refractivity contribution in [3.8, 4) is 67.7 Å². The first-order chi connectivity index (χ1) is 25.1. The van der Waals surface area contributed by atoms with Crippen molar-refractivity contribution in [2.45, 2.75) is 105 Å². The molecular formula is C52H60HfN2O2. The molecule has 0 spiro atoms. The van der Waals surface area contributed by atoms with Crippen LogP contribution in [-0.4, -0.2) is 9.97 Å². The molecule has 57 heavy (non-hydrogen) atoms. The first-order valence-corrected chi connectivity index (χ1v) is 19.0. The Balaban J connectivity index is 0.00000290. The van der Waals surface area contributed by atoms with Crippen LogP contribution in [0.4, 0.5) is 0 Å². The second-order valence-electron chi connectivity index (χ2n) is 18.7. The summed E-state index contributed by atoms with van der Waals surface area (Å²) in [6.07, 6.45) is 0.